The van der Waals surface area contributed by atoms with Gasteiger partial charge in [-0.3, -0.25) is 0 Å². The molecule has 6 heteroatoms. The number of nitrogens with zero attached hydrogens (tertiary/aromatic N) is 2. The molecule has 0 aliphatic rings. The van der Waals surface area contributed by atoms with Crippen molar-refractivity contribution in [3.63, 3.8) is 0 Å². The van der Waals surface area contributed by atoms with Crippen LogP contribution in [-0.4, -0.2) is 4.98 Å². The molecule has 0 fully saturated rings. The lowest BCUT2D eigenvalue weighted by molar-refractivity contribution is 1.14. The number of nitriles is 1. The smallest absolute Gasteiger partial charge is 0.136 e. The fourth-order valence-electron chi connectivity index (χ4n) is 2.35. The van der Waals surface area contributed by atoms with Crippen molar-refractivity contribution >= 4 is 45.8 Å². The van der Waals surface area contributed by atoms with Crippen LogP contribution in [0.5, 0.6) is 0 Å². The highest BCUT2D eigenvalue weighted by atomic mass is 35.5. The Bertz CT molecular complexity index is 985. The fraction of sp³-hybridized carbons (Fsp3) is 0.100. The molecular weight excluding hydrogens is 385 g/mol. The minimum atomic E-state index is 0.415. The molecule has 0 saturated carbocycles. The summed E-state index contributed by atoms with van der Waals surface area (Å²) in [7, 11) is 0. The van der Waals surface area contributed by atoms with Gasteiger partial charge in [-0.25, -0.2) is 4.98 Å². The minimum Gasteiger partial charge on any atom is -0.359 e. The number of rotatable bonds is 5. The van der Waals surface area contributed by atoms with Crippen LogP contribution in [-0.2, 0) is 6.42 Å². The molecule has 1 aromatic heterocycles. The predicted octanol–water partition coefficient (Wildman–Crippen LogP) is 6.66. The highest BCUT2D eigenvalue weighted by molar-refractivity contribution is 7.11. The van der Waals surface area contributed by atoms with Gasteiger partial charge in [0.1, 0.15) is 16.6 Å². The monoisotopic (exact) mass is 399 g/mol. The summed E-state index contributed by atoms with van der Waals surface area (Å²) in [6, 6.07) is 15.8. The second kappa shape index (κ2) is 8.37. The number of halogens is 2. The Labute approximate surface area is 166 Å². The number of nitrogens with one attached hydrogen (secondary N) is 1. The summed E-state index contributed by atoms with van der Waals surface area (Å²) in [4.78, 5) is 4.59. The predicted molar refractivity (Wildman–Crippen MR) is 111 cm³/mol. The average molecular weight is 400 g/mol. The van der Waals surface area contributed by atoms with Gasteiger partial charge in [0.2, 0.25) is 0 Å². The van der Waals surface area contributed by atoms with Crippen LogP contribution in [0.3, 0.4) is 0 Å². The van der Waals surface area contributed by atoms with E-state index in [2.05, 4.69) is 47.6 Å². The molecule has 3 rings (SSSR count). The fourth-order valence-corrected chi connectivity index (χ4v) is 3.50. The summed E-state index contributed by atoms with van der Waals surface area (Å²) in [6.07, 6.45) is 2.60. The van der Waals surface area contributed by atoms with Gasteiger partial charge in [0.25, 0.3) is 0 Å². The van der Waals surface area contributed by atoms with E-state index in [1.54, 1.807) is 24.4 Å². The van der Waals surface area contributed by atoms with Crippen molar-refractivity contribution in [2.24, 2.45) is 0 Å². The van der Waals surface area contributed by atoms with Crippen LogP contribution in [0.25, 0.3) is 16.8 Å². The zero-order valence-corrected chi connectivity index (χ0v) is 16.3. The third kappa shape index (κ3) is 4.08. The lowest BCUT2D eigenvalue weighted by atomic mass is 10.1. The highest BCUT2D eigenvalue weighted by Crippen LogP contribution is 2.31. The van der Waals surface area contributed by atoms with Crippen LogP contribution < -0.4 is 5.32 Å². The molecule has 0 aliphatic carbocycles. The van der Waals surface area contributed by atoms with E-state index in [1.807, 2.05) is 5.38 Å². The Morgan fingerprint density at radius 3 is 2.69 bits per heavy atom. The number of anilines is 1. The standard InChI is InChI=1S/C20H15Cl2N3S/c1-2-13-6-8-14(9-7-13)18-12-26-20(25-18)15(10-23)11-24-17-5-3-4-16(21)19(17)22/h3-9,11-12,24H,2H2,1H3/b15-11+. The molecule has 3 aromatic rings. The molecule has 2 aromatic carbocycles. The third-order valence-corrected chi connectivity index (χ3v) is 5.53. The minimum absolute atomic E-state index is 0.415. The molecule has 0 atom stereocenters. The van der Waals surface area contributed by atoms with Crippen molar-refractivity contribution in [3.8, 4) is 17.3 Å². The number of benzene rings is 2. The van der Waals surface area contributed by atoms with Gasteiger partial charge in [-0.1, -0.05) is 60.5 Å². The number of aromatic nitrogens is 1. The first-order chi connectivity index (χ1) is 12.6. The Kier molecular flexibility index (Phi) is 5.95. The molecule has 0 aliphatic heterocycles. The normalized spacial score (nSPS) is 11.2. The van der Waals surface area contributed by atoms with E-state index in [0.29, 0.717) is 26.3 Å². The zero-order chi connectivity index (χ0) is 18.5. The molecule has 0 spiro atoms. The number of aryl methyl sites for hydroxylation is 1. The molecule has 130 valence electrons. The second-order valence-corrected chi connectivity index (χ2v) is 7.15. The molecule has 1 heterocycles. The Hall–Kier alpha value is -2.32. The van der Waals surface area contributed by atoms with Gasteiger partial charge in [-0.15, -0.1) is 11.3 Å². The van der Waals surface area contributed by atoms with Crippen molar-refractivity contribution in [2.45, 2.75) is 13.3 Å². The number of hydrogen-bond acceptors (Lipinski definition) is 4. The van der Waals surface area contributed by atoms with E-state index in [9.17, 15) is 5.26 Å². The second-order valence-electron chi connectivity index (χ2n) is 5.50. The van der Waals surface area contributed by atoms with Crippen molar-refractivity contribution in [2.75, 3.05) is 5.32 Å². The first-order valence-corrected chi connectivity index (χ1v) is 9.62. The van der Waals surface area contributed by atoms with Gasteiger partial charge in [-0.05, 0) is 24.1 Å². The lowest BCUT2D eigenvalue weighted by Gasteiger charge is -2.05. The van der Waals surface area contributed by atoms with Gasteiger partial charge in [0, 0.05) is 17.1 Å². The average Bonchev–Trinajstić information content (AvgIpc) is 3.15. The summed E-state index contributed by atoms with van der Waals surface area (Å²) >= 11 is 13.6. The van der Waals surface area contributed by atoms with E-state index < -0.39 is 0 Å². The molecule has 0 radical (unpaired) electrons. The Morgan fingerprint density at radius 2 is 2.00 bits per heavy atom. The number of allylic oxidation sites excluding steroid dienone is 1. The molecule has 0 amide bonds. The van der Waals surface area contributed by atoms with Gasteiger partial charge in [0.15, 0.2) is 0 Å². The largest absolute Gasteiger partial charge is 0.359 e. The maximum atomic E-state index is 9.48. The molecule has 0 unspecified atom stereocenters. The van der Waals surface area contributed by atoms with Crippen molar-refractivity contribution < 1.29 is 0 Å². The summed E-state index contributed by atoms with van der Waals surface area (Å²) in [6.45, 7) is 2.12. The van der Waals surface area contributed by atoms with Gasteiger partial charge in [-0.2, -0.15) is 5.26 Å². The summed E-state index contributed by atoms with van der Waals surface area (Å²) in [5, 5.41) is 16.0. The van der Waals surface area contributed by atoms with E-state index in [4.69, 9.17) is 23.2 Å². The summed E-state index contributed by atoms with van der Waals surface area (Å²) in [5.74, 6) is 0. The maximum Gasteiger partial charge on any atom is 0.136 e. The van der Waals surface area contributed by atoms with E-state index >= 15 is 0 Å². The Balaban J connectivity index is 1.83. The van der Waals surface area contributed by atoms with Crippen LogP contribution in [0, 0.1) is 11.3 Å². The van der Waals surface area contributed by atoms with Crippen molar-refractivity contribution in [3.05, 3.63) is 74.7 Å². The first-order valence-electron chi connectivity index (χ1n) is 7.98. The van der Waals surface area contributed by atoms with E-state index in [0.717, 1.165) is 17.7 Å². The van der Waals surface area contributed by atoms with Crippen molar-refractivity contribution in [1.29, 1.82) is 5.26 Å². The summed E-state index contributed by atoms with van der Waals surface area (Å²) < 4.78 is 0. The molecule has 0 bridgehead atoms. The van der Waals surface area contributed by atoms with Crippen molar-refractivity contribution in [1.82, 2.24) is 4.98 Å². The van der Waals surface area contributed by atoms with Crippen LogP contribution in [0.2, 0.25) is 10.0 Å². The topological polar surface area (TPSA) is 48.7 Å². The maximum absolute atomic E-state index is 9.48. The molecule has 1 N–H and O–H groups in total. The third-order valence-electron chi connectivity index (χ3n) is 3.84. The highest BCUT2D eigenvalue weighted by Gasteiger charge is 2.10. The van der Waals surface area contributed by atoms with Gasteiger partial charge in [0.05, 0.1) is 21.4 Å². The van der Waals surface area contributed by atoms with E-state index in [-0.39, 0.29) is 0 Å². The molecular formula is C20H15Cl2N3S. The van der Waals surface area contributed by atoms with Gasteiger partial charge >= 0.3 is 0 Å². The van der Waals surface area contributed by atoms with Crippen LogP contribution in [0.4, 0.5) is 5.69 Å². The number of hydrogen-bond donors (Lipinski definition) is 1. The van der Waals surface area contributed by atoms with Crippen LogP contribution in [0.15, 0.2) is 54.0 Å². The Morgan fingerprint density at radius 1 is 1.23 bits per heavy atom. The van der Waals surface area contributed by atoms with E-state index in [1.165, 1.54) is 16.9 Å². The van der Waals surface area contributed by atoms with Gasteiger partial charge < -0.3 is 5.32 Å². The summed E-state index contributed by atoms with van der Waals surface area (Å²) in [5.41, 5.74) is 4.24. The zero-order valence-electron chi connectivity index (χ0n) is 14.0. The first kappa shape index (κ1) is 18.5. The SMILES string of the molecule is CCc1ccc(-c2csc(/C(C#N)=C/Nc3cccc(Cl)c3Cl)n2)cc1. The molecule has 26 heavy (non-hydrogen) atoms. The lowest BCUT2D eigenvalue weighted by Crippen LogP contribution is -1.92. The number of thiazole rings is 1. The quantitative estimate of drug-likeness (QED) is 0.488. The molecule has 3 nitrogen and oxygen atoms in total. The van der Waals surface area contributed by atoms with Crippen LogP contribution >= 0.6 is 34.5 Å². The van der Waals surface area contributed by atoms with Crippen LogP contribution in [0.1, 0.15) is 17.5 Å². The molecule has 0 saturated heterocycles.